The van der Waals surface area contributed by atoms with E-state index in [9.17, 15) is 4.79 Å². The Hall–Kier alpha value is -2.56. The molecule has 5 heteroatoms. The highest BCUT2D eigenvalue weighted by Crippen LogP contribution is 2.31. The number of carbonyl (C=O) groups excluding carboxylic acids is 1. The molecule has 1 atom stereocenters. The minimum atomic E-state index is -0.781. The van der Waals surface area contributed by atoms with Gasteiger partial charge in [0.25, 0.3) is 0 Å². The van der Waals surface area contributed by atoms with Crippen LogP contribution >= 0.6 is 0 Å². The first-order chi connectivity index (χ1) is 9.33. The zero-order valence-corrected chi connectivity index (χ0v) is 9.98. The molecule has 19 heavy (non-hydrogen) atoms. The summed E-state index contributed by atoms with van der Waals surface area (Å²) < 4.78 is 16.1. The van der Waals surface area contributed by atoms with E-state index in [0.29, 0.717) is 11.5 Å². The first kappa shape index (κ1) is 11.5. The lowest BCUT2D eigenvalue weighted by Gasteiger charge is -2.24. The van der Waals surface area contributed by atoms with Crippen LogP contribution in [0.1, 0.15) is 0 Å². The van der Waals surface area contributed by atoms with Crippen LogP contribution in [-0.2, 0) is 4.79 Å². The lowest BCUT2D eigenvalue weighted by atomic mass is 10.2. The first-order valence-corrected chi connectivity index (χ1v) is 5.84. The fraction of sp³-hybridized carbons (Fsp3) is 0.143. The second-order valence-electron chi connectivity index (χ2n) is 3.95. The Morgan fingerprint density at radius 2 is 1.95 bits per heavy atom. The van der Waals surface area contributed by atoms with E-state index in [-0.39, 0.29) is 12.5 Å². The number of nitrogens with zero attached hydrogens (tertiary/aromatic N) is 1. The van der Waals surface area contributed by atoms with Crippen molar-refractivity contribution in [2.45, 2.75) is 6.10 Å². The van der Waals surface area contributed by atoms with Gasteiger partial charge in [-0.25, -0.2) is 9.78 Å². The number of pyridine rings is 1. The van der Waals surface area contributed by atoms with Gasteiger partial charge in [0.1, 0.15) is 6.61 Å². The van der Waals surface area contributed by atoms with E-state index in [2.05, 4.69) is 4.98 Å². The molecule has 0 unspecified atom stereocenters. The molecule has 0 saturated carbocycles. The van der Waals surface area contributed by atoms with Crippen LogP contribution < -0.4 is 14.2 Å². The van der Waals surface area contributed by atoms with Gasteiger partial charge in [-0.15, -0.1) is 0 Å². The summed E-state index contributed by atoms with van der Waals surface area (Å²) in [5.74, 6) is 0.893. The van der Waals surface area contributed by atoms with Gasteiger partial charge < -0.3 is 14.2 Å². The van der Waals surface area contributed by atoms with Gasteiger partial charge in [0.05, 0.1) is 0 Å². The van der Waals surface area contributed by atoms with Crippen molar-refractivity contribution in [3.8, 4) is 17.4 Å². The summed E-state index contributed by atoms with van der Waals surface area (Å²) in [7, 11) is 0. The van der Waals surface area contributed by atoms with E-state index >= 15 is 0 Å². The van der Waals surface area contributed by atoms with Gasteiger partial charge in [-0.05, 0) is 18.2 Å². The van der Waals surface area contributed by atoms with Crippen LogP contribution in [-0.4, -0.2) is 23.7 Å². The van der Waals surface area contributed by atoms with Crippen LogP contribution in [0.15, 0.2) is 48.7 Å². The quantitative estimate of drug-likeness (QED) is 0.768. The number of para-hydroxylation sites is 2. The molecule has 0 fully saturated rings. The summed E-state index contributed by atoms with van der Waals surface area (Å²) in [5.41, 5.74) is 0. The summed E-state index contributed by atoms with van der Waals surface area (Å²) in [6.07, 6.45) is 0.771. The molecule has 96 valence electrons. The Morgan fingerprint density at radius 3 is 2.74 bits per heavy atom. The molecule has 0 N–H and O–H groups in total. The highest BCUT2D eigenvalue weighted by atomic mass is 16.6. The third-order valence-corrected chi connectivity index (χ3v) is 2.61. The smallest absolute Gasteiger partial charge is 0.357 e. The number of fused-ring (bicyclic) bond motifs is 1. The van der Waals surface area contributed by atoms with Gasteiger partial charge in [-0.2, -0.15) is 0 Å². The monoisotopic (exact) mass is 257 g/mol. The molecular formula is C14H11NO4. The number of ether oxygens (including phenoxy) is 3. The van der Waals surface area contributed by atoms with Crippen LogP contribution in [0.2, 0.25) is 0 Å². The fourth-order valence-electron chi connectivity index (χ4n) is 1.71. The van der Waals surface area contributed by atoms with Crippen molar-refractivity contribution in [1.29, 1.82) is 0 Å². The van der Waals surface area contributed by atoms with Crippen LogP contribution in [0.3, 0.4) is 0 Å². The molecule has 0 spiro atoms. The van der Waals surface area contributed by atoms with E-state index < -0.39 is 12.1 Å². The summed E-state index contributed by atoms with van der Waals surface area (Å²) in [5, 5.41) is 0. The van der Waals surface area contributed by atoms with Crippen molar-refractivity contribution in [2.24, 2.45) is 0 Å². The second-order valence-corrected chi connectivity index (χ2v) is 3.95. The minimum absolute atomic E-state index is 0.128. The average molecular weight is 257 g/mol. The maximum absolute atomic E-state index is 11.9. The molecule has 0 bridgehead atoms. The molecule has 0 amide bonds. The lowest BCUT2D eigenvalue weighted by molar-refractivity contribution is -0.145. The molecule has 5 nitrogen and oxygen atoms in total. The molecule has 0 aliphatic carbocycles. The van der Waals surface area contributed by atoms with E-state index in [1.165, 1.54) is 0 Å². The normalized spacial score (nSPS) is 16.7. The Bertz CT molecular complexity index is 585. The van der Waals surface area contributed by atoms with E-state index in [1.54, 1.807) is 36.5 Å². The summed E-state index contributed by atoms with van der Waals surface area (Å²) >= 11 is 0. The topological polar surface area (TPSA) is 57.7 Å². The maximum atomic E-state index is 11.9. The van der Waals surface area contributed by atoms with Crippen molar-refractivity contribution in [1.82, 2.24) is 4.98 Å². The zero-order valence-electron chi connectivity index (χ0n) is 9.98. The second kappa shape index (κ2) is 4.97. The van der Waals surface area contributed by atoms with Gasteiger partial charge in [0.15, 0.2) is 11.5 Å². The SMILES string of the molecule is O=C(Oc1ccccn1)[C@@H]1COc2ccccc2O1. The Labute approximate surface area is 109 Å². The van der Waals surface area contributed by atoms with Crippen LogP contribution in [0.4, 0.5) is 0 Å². The molecule has 0 radical (unpaired) electrons. The average Bonchev–Trinajstić information content (AvgIpc) is 2.48. The Kier molecular flexibility index (Phi) is 3.02. The number of esters is 1. The molecule has 1 aliphatic rings. The Balaban J connectivity index is 1.70. The predicted octanol–water partition coefficient (Wildman–Crippen LogP) is 1.83. The van der Waals surface area contributed by atoms with Crippen LogP contribution in [0.25, 0.3) is 0 Å². The third kappa shape index (κ3) is 2.49. The molecule has 1 aliphatic heterocycles. The lowest BCUT2D eigenvalue weighted by Crippen LogP contribution is -2.39. The highest BCUT2D eigenvalue weighted by Gasteiger charge is 2.29. The molecule has 2 heterocycles. The largest absolute Gasteiger partial charge is 0.485 e. The standard InChI is InChI=1S/C14H11NO4/c16-14(19-13-7-3-4-8-15-13)12-9-17-10-5-1-2-6-11(10)18-12/h1-8,12H,9H2/t12-/m0/s1. The van der Waals surface area contributed by atoms with Crippen molar-refractivity contribution < 1.29 is 19.0 Å². The zero-order chi connectivity index (χ0) is 13.1. The number of hydrogen-bond donors (Lipinski definition) is 0. The number of hydrogen-bond acceptors (Lipinski definition) is 5. The van der Waals surface area contributed by atoms with Crippen molar-refractivity contribution in [3.63, 3.8) is 0 Å². The van der Waals surface area contributed by atoms with Crippen molar-refractivity contribution in [2.75, 3.05) is 6.61 Å². The molecular weight excluding hydrogens is 246 g/mol. The number of rotatable bonds is 2. The molecule has 0 saturated heterocycles. The minimum Gasteiger partial charge on any atom is -0.485 e. The van der Waals surface area contributed by atoms with E-state index in [1.807, 2.05) is 12.1 Å². The fourth-order valence-corrected chi connectivity index (χ4v) is 1.71. The van der Waals surface area contributed by atoms with Gasteiger partial charge in [0, 0.05) is 12.3 Å². The Morgan fingerprint density at radius 1 is 1.16 bits per heavy atom. The molecule has 3 rings (SSSR count). The van der Waals surface area contributed by atoms with Gasteiger partial charge in [-0.1, -0.05) is 18.2 Å². The number of aromatic nitrogens is 1. The first-order valence-electron chi connectivity index (χ1n) is 5.84. The van der Waals surface area contributed by atoms with Crippen LogP contribution in [0.5, 0.6) is 17.4 Å². The summed E-state index contributed by atoms with van der Waals surface area (Å²) in [4.78, 5) is 15.8. The van der Waals surface area contributed by atoms with Gasteiger partial charge >= 0.3 is 5.97 Å². The third-order valence-electron chi connectivity index (χ3n) is 2.61. The van der Waals surface area contributed by atoms with Crippen LogP contribution in [0, 0.1) is 0 Å². The number of carbonyl (C=O) groups is 1. The molecule has 1 aromatic carbocycles. The van der Waals surface area contributed by atoms with Gasteiger partial charge in [-0.3, -0.25) is 0 Å². The molecule has 2 aromatic rings. The highest BCUT2D eigenvalue weighted by molar-refractivity contribution is 5.78. The van der Waals surface area contributed by atoms with Crippen molar-refractivity contribution >= 4 is 5.97 Å². The summed E-state index contributed by atoms with van der Waals surface area (Å²) in [6.45, 7) is 0.128. The van der Waals surface area contributed by atoms with E-state index in [0.717, 1.165) is 0 Å². The van der Waals surface area contributed by atoms with Crippen molar-refractivity contribution in [3.05, 3.63) is 48.7 Å². The van der Waals surface area contributed by atoms with E-state index in [4.69, 9.17) is 14.2 Å². The summed E-state index contributed by atoms with van der Waals surface area (Å²) in [6, 6.07) is 12.3. The molecule has 1 aromatic heterocycles. The maximum Gasteiger partial charge on any atom is 0.357 e. The predicted molar refractivity (Wildman–Crippen MR) is 66.2 cm³/mol. The van der Waals surface area contributed by atoms with Gasteiger partial charge in [0.2, 0.25) is 12.0 Å². The number of benzene rings is 1.